The first-order valence-corrected chi connectivity index (χ1v) is 5.26. The van der Waals surface area contributed by atoms with Crippen LogP contribution in [0, 0.1) is 6.92 Å². The van der Waals surface area contributed by atoms with Crippen LogP contribution < -0.4 is 0 Å². The van der Waals surface area contributed by atoms with Crippen LogP contribution in [0.15, 0.2) is 5.38 Å². The molecule has 5 heteroatoms. The molecule has 1 saturated carbocycles. The van der Waals surface area contributed by atoms with Gasteiger partial charge in [0.15, 0.2) is 0 Å². The molecule has 1 aromatic heterocycles. The molecule has 4 nitrogen and oxygen atoms in total. The summed E-state index contributed by atoms with van der Waals surface area (Å²) in [5, 5.41) is 21.0. The van der Waals surface area contributed by atoms with E-state index in [1.165, 1.54) is 11.3 Å². The quantitative estimate of drug-likeness (QED) is 0.766. The van der Waals surface area contributed by atoms with E-state index in [2.05, 4.69) is 4.98 Å². The molecule has 0 unspecified atom stereocenters. The smallest absolute Gasteiger partial charge is 0.315 e. The topological polar surface area (TPSA) is 70.4 Å². The Hall–Kier alpha value is -0.940. The van der Waals surface area contributed by atoms with Crippen molar-refractivity contribution >= 4 is 17.3 Å². The molecule has 2 N–H and O–H groups in total. The van der Waals surface area contributed by atoms with Crippen LogP contribution in [0.25, 0.3) is 0 Å². The number of carboxylic acids is 1. The number of thiazole rings is 1. The highest BCUT2D eigenvalue weighted by atomic mass is 32.1. The Morgan fingerprint density at radius 1 is 1.71 bits per heavy atom. The van der Waals surface area contributed by atoms with Crippen LogP contribution in [0.5, 0.6) is 0 Å². The molecule has 0 saturated heterocycles. The summed E-state index contributed by atoms with van der Waals surface area (Å²) in [5.41, 5.74) is -0.331. The fraction of sp³-hybridized carbons (Fsp3) is 0.556. The normalized spacial score (nSPS) is 31.1. The lowest BCUT2D eigenvalue weighted by Crippen LogP contribution is -2.50. The zero-order chi connectivity index (χ0) is 10.3. The Morgan fingerprint density at radius 2 is 2.36 bits per heavy atom. The van der Waals surface area contributed by atoms with Crippen LogP contribution in [-0.2, 0) is 10.2 Å². The van der Waals surface area contributed by atoms with Crippen molar-refractivity contribution in [3.8, 4) is 0 Å². The molecule has 1 heterocycles. The Kier molecular flexibility index (Phi) is 2.08. The third kappa shape index (κ3) is 1.24. The van der Waals surface area contributed by atoms with Gasteiger partial charge in [0.05, 0.1) is 16.8 Å². The summed E-state index contributed by atoms with van der Waals surface area (Å²) in [5.74, 6) is -0.881. The maximum absolute atomic E-state index is 11.1. The van der Waals surface area contributed by atoms with Gasteiger partial charge in [0.2, 0.25) is 0 Å². The van der Waals surface area contributed by atoms with E-state index in [4.69, 9.17) is 5.11 Å². The lowest BCUT2D eigenvalue weighted by molar-refractivity contribution is -0.153. The van der Waals surface area contributed by atoms with Crippen LogP contribution in [0.3, 0.4) is 0 Å². The molecule has 2 rings (SSSR count). The number of hydrogen-bond donors (Lipinski definition) is 2. The van der Waals surface area contributed by atoms with E-state index in [1.54, 1.807) is 5.38 Å². The van der Waals surface area contributed by atoms with E-state index in [-0.39, 0.29) is 12.8 Å². The number of aromatic nitrogens is 1. The first kappa shape index (κ1) is 9.61. The van der Waals surface area contributed by atoms with Crippen LogP contribution >= 0.6 is 11.3 Å². The van der Waals surface area contributed by atoms with E-state index in [9.17, 15) is 9.90 Å². The molecule has 0 aliphatic heterocycles. The van der Waals surface area contributed by atoms with Gasteiger partial charge in [0, 0.05) is 5.38 Å². The summed E-state index contributed by atoms with van der Waals surface area (Å²) in [6.07, 6.45) is 0.0740. The molecule has 0 radical (unpaired) electrons. The van der Waals surface area contributed by atoms with E-state index in [0.29, 0.717) is 5.69 Å². The number of aryl methyl sites for hydroxylation is 1. The molecular weight excluding hydrogens is 202 g/mol. The lowest BCUT2D eigenvalue weighted by Gasteiger charge is -2.40. The minimum Gasteiger partial charge on any atom is -0.481 e. The molecule has 0 atom stereocenters. The Labute approximate surface area is 85.2 Å². The monoisotopic (exact) mass is 213 g/mol. The van der Waals surface area contributed by atoms with Gasteiger partial charge < -0.3 is 10.2 Å². The molecule has 1 aliphatic rings. The first-order valence-electron chi connectivity index (χ1n) is 4.39. The maximum atomic E-state index is 11.1. The average Bonchev–Trinajstić information content (AvgIpc) is 2.45. The number of hydrogen-bond acceptors (Lipinski definition) is 4. The summed E-state index contributed by atoms with van der Waals surface area (Å²) in [6.45, 7) is 1.85. The molecule has 1 fully saturated rings. The van der Waals surface area contributed by atoms with Crippen LogP contribution in [0.1, 0.15) is 23.5 Å². The van der Waals surface area contributed by atoms with Gasteiger partial charge in [-0.3, -0.25) is 4.79 Å². The highest BCUT2D eigenvalue weighted by molar-refractivity contribution is 7.09. The van der Waals surface area contributed by atoms with Gasteiger partial charge in [-0.15, -0.1) is 11.3 Å². The zero-order valence-electron chi connectivity index (χ0n) is 7.73. The van der Waals surface area contributed by atoms with Gasteiger partial charge >= 0.3 is 5.97 Å². The summed E-state index contributed by atoms with van der Waals surface area (Å²) in [6, 6.07) is 0. The highest BCUT2D eigenvalue weighted by Gasteiger charge is 2.52. The second kappa shape index (κ2) is 3.03. The minimum atomic E-state index is -0.926. The van der Waals surface area contributed by atoms with Crippen LogP contribution in [0.4, 0.5) is 0 Å². The van der Waals surface area contributed by atoms with Crippen LogP contribution in [0.2, 0.25) is 0 Å². The molecule has 0 bridgehead atoms. The highest BCUT2D eigenvalue weighted by Crippen LogP contribution is 2.44. The molecule has 14 heavy (non-hydrogen) atoms. The van der Waals surface area contributed by atoms with Gasteiger partial charge in [0.1, 0.15) is 5.41 Å². The van der Waals surface area contributed by atoms with E-state index in [1.807, 2.05) is 6.92 Å². The standard InChI is InChI=1S/C9H11NO3S/c1-5-10-7(4-14-5)9(8(12)13)2-6(11)3-9/h4,6,11H,2-3H2,1H3,(H,12,13). The van der Waals surface area contributed by atoms with Crippen molar-refractivity contribution in [2.75, 3.05) is 0 Å². The zero-order valence-corrected chi connectivity index (χ0v) is 8.54. The Morgan fingerprint density at radius 3 is 2.71 bits per heavy atom. The summed E-state index contributed by atoms with van der Waals surface area (Å²) in [4.78, 5) is 15.3. The lowest BCUT2D eigenvalue weighted by atomic mass is 9.65. The Balaban J connectivity index is 2.34. The van der Waals surface area contributed by atoms with Crippen LogP contribution in [-0.4, -0.2) is 27.3 Å². The van der Waals surface area contributed by atoms with E-state index >= 15 is 0 Å². The molecule has 1 aromatic rings. The summed E-state index contributed by atoms with van der Waals surface area (Å²) >= 11 is 1.44. The fourth-order valence-corrected chi connectivity index (χ4v) is 2.53. The van der Waals surface area contributed by atoms with Gasteiger partial charge in [0.25, 0.3) is 0 Å². The minimum absolute atomic E-state index is 0.283. The van der Waals surface area contributed by atoms with Gasteiger partial charge in [-0.05, 0) is 19.8 Å². The average molecular weight is 213 g/mol. The second-order valence-electron chi connectivity index (χ2n) is 3.70. The van der Waals surface area contributed by atoms with Crippen molar-refractivity contribution in [1.82, 2.24) is 4.98 Å². The van der Waals surface area contributed by atoms with E-state index in [0.717, 1.165) is 5.01 Å². The first-order chi connectivity index (χ1) is 6.54. The third-order valence-electron chi connectivity index (χ3n) is 2.69. The molecule has 76 valence electrons. The molecule has 0 amide bonds. The van der Waals surface area contributed by atoms with Crippen molar-refractivity contribution in [2.24, 2.45) is 0 Å². The number of nitrogens with zero attached hydrogens (tertiary/aromatic N) is 1. The predicted molar refractivity (Wildman–Crippen MR) is 51.4 cm³/mol. The van der Waals surface area contributed by atoms with E-state index < -0.39 is 17.5 Å². The second-order valence-corrected chi connectivity index (χ2v) is 4.76. The summed E-state index contributed by atoms with van der Waals surface area (Å²) in [7, 11) is 0. The van der Waals surface area contributed by atoms with Gasteiger partial charge in [-0.25, -0.2) is 4.98 Å². The maximum Gasteiger partial charge on any atom is 0.315 e. The largest absolute Gasteiger partial charge is 0.481 e. The van der Waals surface area contributed by atoms with Gasteiger partial charge in [-0.1, -0.05) is 0 Å². The third-order valence-corrected chi connectivity index (χ3v) is 3.46. The number of rotatable bonds is 2. The summed E-state index contributed by atoms with van der Waals surface area (Å²) < 4.78 is 0. The number of carbonyl (C=O) groups is 1. The SMILES string of the molecule is Cc1nc(C2(C(=O)O)CC(O)C2)cs1. The molecule has 1 aliphatic carbocycles. The number of aliphatic hydroxyl groups is 1. The van der Waals surface area contributed by atoms with Crippen molar-refractivity contribution in [1.29, 1.82) is 0 Å². The molecular formula is C9H11NO3S. The number of aliphatic carboxylic acids is 1. The number of aliphatic hydroxyl groups excluding tert-OH is 1. The molecule has 0 spiro atoms. The number of carboxylic acid groups (broad SMARTS) is 1. The van der Waals surface area contributed by atoms with Crippen molar-refractivity contribution in [3.63, 3.8) is 0 Å². The predicted octanol–water partition coefficient (Wildman–Crippen LogP) is 0.929. The molecule has 0 aromatic carbocycles. The van der Waals surface area contributed by atoms with Crippen molar-refractivity contribution in [2.45, 2.75) is 31.3 Å². The Bertz CT molecular complexity index is 368. The van der Waals surface area contributed by atoms with Gasteiger partial charge in [-0.2, -0.15) is 0 Å². The fourth-order valence-electron chi connectivity index (χ4n) is 1.82. The van der Waals surface area contributed by atoms with Crippen molar-refractivity contribution in [3.05, 3.63) is 16.1 Å². The van der Waals surface area contributed by atoms with Crippen molar-refractivity contribution < 1.29 is 15.0 Å².